The van der Waals surface area contributed by atoms with Gasteiger partial charge < -0.3 is 10.2 Å². The molecule has 0 aliphatic carbocycles. The fourth-order valence-electron chi connectivity index (χ4n) is 2.59. The fraction of sp³-hybridized carbons (Fsp3) is 1.00. The standard InChI is InChI=1S/C13H28N2/c1-11(2)6-5-8-15-9-7-13(14-4)12(3)10-15/h11-14H,5-10H2,1-4H3. The Morgan fingerprint density at radius 3 is 2.67 bits per heavy atom. The monoisotopic (exact) mass is 212 g/mol. The molecule has 0 bridgehead atoms. The first-order valence-corrected chi connectivity index (χ1v) is 6.53. The van der Waals surface area contributed by atoms with Crippen LogP contribution >= 0.6 is 0 Å². The molecule has 0 aromatic heterocycles. The van der Waals surface area contributed by atoms with Crippen molar-refractivity contribution in [2.75, 3.05) is 26.7 Å². The van der Waals surface area contributed by atoms with Gasteiger partial charge in [0.05, 0.1) is 0 Å². The highest BCUT2D eigenvalue weighted by Gasteiger charge is 2.23. The van der Waals surface area contributed by atoms with Crippen LogP contribution in [0.5, 0.6) is 0 Å². The van der Waals surface area contributed by atoms with Crippen LogP contribution in [0.4, 0.5) is 0 Å². The second kappa shape index (κ2) is 6.49. The number of rotatable bonds is 5. The Balaban J connectivity index is 2.17. The topological polar surface area (TPSA) is 15.3 Å². The molecule has 0 amide bonds. The molecule has 1 aliphatic rings. The van der Waals surface area contributed by atoms with Crippen molar-refractivity contribution in [3.8, 4) is 0 Å². The lowest BCUT2D eigenvalue weighted by Gasteiger charge is -2.36. The van der Waals surface area contributed by atoms with E-state index in [1.165, 1.54) is 38.9 Å². The molecule has 0 aromatic rings. The summed E-state index contributed by atoms with van der Waals surface area (Å²) in [5.74, 6) is 1.67. The van der Waals surface area contributed by atoms with E-state index >= 15 is 0 Å². The Kier molecular flexibility index (Phi) is 5.62. The number of likely N-dealkylation sites (tertiary alicyclic amines) is 1. The summed E-state index contributed by atoms with van der Waals surface area (Å²) in [5.41, 5.74) is 0. The average Bonchev–Trinajstić information content (AvgIpc) is 2.17. The van der Waals surface area contributed by atoms with Crippen molar-refractivity contribution in [2.24, 2.45) is 11.8 Å². The van der Waals surface area contributed by atoms with Gasteiger partial charge in [-0.25, -0.2) is 0 Å². The lowest BCUT2D eigenvalue weighted by Crippen LogP contribution is -2.47. The van der Waals surface area contributed by atoms with Crippen molar-refractivity contribution in [2.45, 2.75) is 46.1 Å². The Labute approximate surface area is 95.4 Å². The van der Waals surface area contributed by atoms with E-state index in [0.717, 1.165) is 17.9 Å². The molecule has 1 rings (SSSR count). The Hall–Kier alpha value is -0.0800. The SMILES string of the molecule is CNC1CCN(CCCC(C)C)CC1C. The predicted octanol–water partition coefficient (Wildman–Crippen LogP) is 2.35. The maximum atomic E-state index is 3.42. The van der Waals surface area contributed by atoms with Gasteiger partial charge in [-0.1, -0.05) is 20.8 Å². The lowest BCUT2D eigenvalue weighted by atomic mass is 9.94. The molecule has 0 spiro atoms. The Morgan fingerprint density at radius 2 is 2.13 bits per heavy atom. The molecular weight excluding hydrogens is 184 g/mol. The zero-order chi connectivity index (χ0) is 11.3. The third kappa shape index (κ3) is 4.52. The van der Waals surface area contributed by atoms with Crippen molar-refractivity contribution in [1.29, 1.82) is 0 Å². The van der Waals surface area contributed by atoms with E-state index in [-0.39, 0.29) is 0 Å². The van der Waals surface area contributed by atoms with Gasteiger partial charge in [-0.15, -0.1) is 0 Å². The van der Waals surface area contributed by atoms with Gasteiger partial charge in [-0.3, -0.25) is 0 Å². The summed E-state index contributed by atoms with van der Waals surface area (Å²) in [7, 11) is 2.09. The van der Waals surface area contributed by atoms with Crippen LogP contribution in [0.2, 0.25) is 0 Å². The third-order valence-corrected chi connectivity index (χ3v) is 3.62. The number of nitrogens with zero attached hydrogens (tertiary/aromatic N) is 1. The molecule has 1 aliphatic heterocycles. The molecule has 1 N–H and O–H groups in total. The number of nitrogens with one attached hydrogen (secondary N) is 1. The van der Waals surface area contributed by atoms with Gasteiger partial charge >= 0.3 is 0 Å². The van der Waals surface area contributed by atoms with Crippen molar-refractivity contribution in [3.63, 3.8) is 0 Å². The molecule has 15 heavy (non-hydrogen) atoms. The molecular formula is C13H28N2. The molecule has 2 heteroatoms. The van der Waals surface area contributed by atoms with Crippen LogP contribution in [0.25, 0.3) is 0 Å². The molecule has 2 unspecified atom stereocenters. The minimum absolute atomic E-state index is 0.742. The summed E-state index contributed by atoms with van der Waals surface area (Å²) in [6, 6.07) is 0.742. The van der Waals surface area contributed by atoms with E-state index in [4.69, 9.17) is 0 Å². The predicted molar refractivity (Wildman–Crippen MR) is 67.1 cm³/mol. The average molecular weight is 212 g/mol. The summed E-state index contributed by atoms with van der Waals surface area (Å²) in [4.78, 5) is 2.64. The first kappa shape index (κ1) is 13.0. The Morgan fingerprint density at radius 1 is 1.40 bits per heavy atom. The van der Waals surface area contributed by atoms with Crippen LogP contribution in [0.3, 0.4) is 0 Å². The van der Waals surface area contributed by atoms with Crippen LogP contribution < -0.4 is 5.32 Å². The van der Waals surface area contributed by atoms with Gasteiger partial charge in [-0.2, -0.15) is 0 Å². The maximum absolute atomic E-state index is 3.42. The summed E-state index contributed by atoms with van der Waals surface area (Å²) in [6.07, 6.45) is 4.06. The molecule has 1 fully saturated rings. The summed E-state index contributed by atoms with van der Waals surface area (Å²) >= 11 is 0. The van der Waals surface area contributed by atoms with E-state index in [1.54, 1.807) is 0 Å². The largest absolute Gasteiger partial charge is 0.317 e. The van der Waals surface area contributed by atoms with Crippen molar-refractivity contribution in [1.82, 2.24) is 10.2 Å². The first-order valence-electron chi connectivity index (χ1n) is 6.53. The van der Waals surface area contributed by atoms with Crippen molar-refractivity contribution >= 4 is 0 Å². The normalized spacial score (nSPS) is 28.6. The second-order valence-electron chi connectivity index (χ2n) is 5.50. The van der Waals surface area contributed by atoms with Crippen LogP contribution in [0, 0.1) is 11.8 Å². The quantitative estimate of drug-likeness (QED) is 0.752. The first-order chi connectivity index (χ1) is 7.13. The van der Waals surface area contributed by atoms with Gasteiger partial charge in [0.2, 0.25) is 0 Å². The van der Waals surface area contributed by atoms with E-state index < -0.39 is 0 Å². The van der Waals surface area contributed by atoms with Crippen LogP contribution in [-0.4, -0.2) is 37.6 Å². The van der Waals surface area contributed by atoms with Gasteiger partial charge in [0.25, 0.3) is 0 Å². The van der Waals surface area contributed by atoms with E-state index in [0.29, 0.717) is 0 Å². The minimum atomic E-state index is 0.742. The van der Waals surface area contributed by atoms with Crippen molar-refractivity contribution < 1.29 is 0 Å². The molecule has 2 nitrogen and oxygen atoms in total. The number of hydrogen-bond acceptors (Lipinski definition) is 2. The minimum Gasteiger partial charge on any atom is -0.317 e. The zero-order valence-corrected chi connectivity index (χ0v) is 10.9. The smallest absolute Gasteiger partial charge is 0.0114 e. The second-order valence-corrected chi connectivity index (χ2v) is 5.50. The molecule has 90 valence electrons. The summed E-state index contributed by atoms with van der Waals surface area (Å²) < 4.78 is 0. The molecule has 1 heterocycles. The van der Waals surface area contributed by atoms with Crippen molar-refractivity contribution in [3.05, 3.63) is 0 Å². The number of piperidine rings is 1. The van der Waals surface area contributed by atoms with Gasteiger partial charge in [0.15, 0.2) is 0 Å². The molecule has 0 radical (unpaired) electrons. The molecule has 2 atom stereocenters. The molecule has 1 saturated heterocycles. The van der Waals surface area contributed by atoms with Crippen LogP contribution in [-0.2, 0) is 0 Å². The molecule has 0 saturated carbocycles. The highest BCUT2D eigenvalue weighted by atomic mass is 15.1. The highest BCUT2D eigenvalue weighted by Crippen LogP contribution is 2.17. The van der Waals surface area contributed by atoms with E-state index in [9.17, 15) is 0 Å². The molecule has 0 aromatic carbocycles. The van der Waals surface area contributed by atoms with Crippen LogP contribution in [0.1, 0.15) is 40.0 Å². The fourth-order valence-corrected chi connectivity index (χ4v) is 2.59. The van der Waals surface area contributed by atoms with Gasteiger partial charge in [0.1, 0.15) is 0 Å². The van der Waals surface area contributed by atoms with Gasteiger partial charge in [0, 0.05) is 12.6 Å². The highest BCUT2D eigenvalue weighted by molar-refractivity contribution is 4.81. The lowest BCUT2D eigenvalue weighted by molar-refractivity contribution is 0.148. The van der Waals surface area contributed by atoms with Gasteiger partial charge in [-0.05, 0) is 51.2 Å². The van der Waals surface area contributed by atoms with E-state index in [1.807, 2.05) is 0 Å². The van der Waals surface area contributed by atoms with Crippen LogP contribution in [0.15, 0.2) is 0 Å². The third-order valence-electron chi connectivity index (χ3n) is 3.62. The maximum Gasteiger partial charge on any atom is 0.0114 e. The summed E-state index contributed by atoms with van der Waals surface area (Å²) in [6.45, 7) is 10.9. The number of hydrogen-bond donors (Lipinski definition) is 1. The van der Waals surface area contributed by atoms with E-state index in [2.05, 4.69) is 38.0 Å². The summed E-state index contributed by atoms with van der Waals surface area (Å²) in [5, 5.41) is 3.42. The zero-order valence-electron chi connectivity index (χ0n) is 10.9. The Bertz CT molecular complexity index is 168.